The van der Waals surface area contributed by atoms with Crippen LogP contribution in [0.5, 0.6) is 0 Å². The van der Waals surface area contributed by atoms with Gasteiger partial charge in [-0.15, -0.1) is 0 Å². The third-order valence-corrected chi connectivity index (χ3v) is 2.60. The molecule has 1 aromatic carbocycles. The molecule has 0 saturated heterocycles. The maximum atomic E-state index is 9.59. The van der Waals surface area contributed by atoms with Crippen LogP contribution in [-0.4, -0.2) is 5.11 Å². The molecule has 0 amide bonds. The van der Waals surface area contributed by atoms with Gasteiger partial charge < -0.3 is 5.11 Å². The van der Waals surface area contributed by atoms with E-state index in [1.807, 2.05) is 13.8 Å². The lowest BCUT2D eigenvalue weighted by Crippen LogP contribution is -2.12. The summed E-state index contributed by atoms with van der Waals surface area (Å²) in [5.41, 5.74) is 3.63. The predicted molar refractivity (Wildman–Crippen MR) is 60.5 cm³/mol. The Labute approximate surface area is 86.8 Å². The second-order valence-electron chi connectivity index (χ2n) is 5.00. The van der Waals surface area contributed by atoms with E-state index < -0.39 is 0 Å². The second-order valence-corrected chi connectivity index (χ2v) is 5.00. The molecule has 1 N–H and O–H groups in total. The van der Waals surface area contributed by atoms with E-state index in [1.54, 1.807) is 0 Å². The van der Waals surface area contributed by atoms with Gasteiger partial charge in [0.1, 0.15) is 0 Å². The lowest BCUT2D eigenvalue weighted by Gasteiger charge is -2.21. The van der Waals surface area contributed by atoms with Crippen LogP contribution in [0.25, 0.3) is 0 Å². The quantitative estimate of drug-likeness (QED) is 0.723. The van der Waals surface area contributed by atoms with Gasteiger partial charge in [-0.3, -0.25) is 0 Å². The van der Waals surface area contributed by atoms with Crippen LogP contribution < -0.4 is 0 Å². The number of aryl methyl sites for hydroxylation is 1. The summed E-state index contributed by atoms with van der Waals surface area (Å²) in [7, 11) is 0. The highest BCUT2D eigenvalue weighted by atomic mass is 16.3. The first-order valence-corrected chi connectivity index (χ1v) is 5.11. The van der Waals surface area contributed by atoms with Gasteiger partial charge >= 0.3 is 0 Å². The number of aliphatic hydroxyl groups is 1. The smallest absolute Gasteiger partial charge is 0.0764 e. The summed E-state index contributed by atoms with van der Waals surface area (Å²) in [5.74, 6) is 0. The second kappa shape index (κ2) is 3.74. The number of hydrogen-bond acceptors (Lipinski definition) is 1. The van der Waals surface area contributed by atoms with Crippen molar-refractivity contribution in [3.63, 3.8) is 0 Å². The maximum absolute atomic E-state index is 9.59. The van der Waals surface area contributed by atoms with Crippen molar-refractivity contribution in [2.45, 2.75) is 46.1 Å². The Kier molecular flexibility index (Phi) is 3.01. The van der Waals surface area contributed by atoms with Gasteiger partial charge in [-0.25, -0.2) is 0 Å². The molecule has 1 heteroatoms. The van der Waals surface area contributed by atoms with E-state index in [-0.39, 0.29) is 11.5 Å². The zero-order chi connectivity index (χ0) is 10.9. The van der Waals surface area contributed by atoms with E-state index in [2.05, 4.69) is 39.0 Å². The highest BCUT2D eigenvalue weighted by Gasteiger charge is 2.15. The average molecular weight is 192 g/mol. The van der Waals surface area contributed by atoms with Crippen LogP contribution in [0.2, 0.25) is 0 Å². The lowest BCUT2D eigenvalue weighted by molar-refractivity contribution is 0.198. The Morgan fingerprint density at radius 1 is 1.21 bits per heavy atom. The first kappa shape index (κ1) is 11.3. The summed E-state index contributed by atoms with van der Waals surface area (Å²) in [4.78, 5) is 0. The molecule has 0 radical (unpaired) electrons. The number of rotatable bonds is 1. The topological polar surface area (TPSA) is 20.2 Å². The van der Waals surface area contributed by atoms with Crippen LogP contribution in [0.3, 0.4) is 0 Å². The number of hydrogen-bond donors (Lipinski definition) is 1. The van der Waals surface area contributed by atoms with Gasteiger partial charge in [0, 0.05) is 0 Å². The molecule has 0 saturated carbocycles. The zero-order valence-electron chi connectivity index (χ0n) is 9.76. The summed E-state index contributed by atoms with van der Waals surface area (Å²) in [5, 5.41) is 9.59. The molecule has 1 atom stereocenters. The Bertz CT molecular complexity index is 318. The van der Waals surface area contributed by atoms with Crippen molar-refractivity contribution in [1.82, 2.24) is 0 Å². The Hall–Kier alpha value is -0.820. The molecule has 1 unspecified atom stereocenters. The predicted octanol–water partition coefficient (Wildman–Crippen LogP) is 3.35. The lowest BCUT2D eigenvalue weighted by atomic mass is 9.85. The molecule has 0 spiro atoms. The molecular formula is C13H20O. The highest BCUT2D eigenvalue weighted by molar-refractivity contribution is 5.35. The molecule has 0 aliphatic rings. The van der Waals surface area contributed by atoms with Gasteiger partial charge in [0.25, 0.3) is 0 Å². The molecule has 0 aliphatic heterocycles. The van der Waals surface area contributed by atoms with Crippen molar-refractivity contribution >= 4 is 0 Å². The zero-order valence-corrected chi connectivity index (χ0v) is 9.76. The standard InChI is InChI=1S/C13H20O/c1-9-6-7-11(13(3,4)5)8-12(9)10(2)14/h6-8,10,14H,1-5H3. The molecule has 14 heavy (non-hydrogen) atoms. The average Bonchev–Trinajstić information content (AvgIpc) is 2.02. The molecule has 1 nitrogen and oxygen atoms in total. The summed E-state index contributed by atoms with van der Waals surface area (Å²) in [6, 6.07) is 6.34. The van der Waals surface area contributed by atoms with E-state index in [9.17, 15) is 5.11 Å². The van der Waals surface area contributed by atoms with Crippen molar-refractivity contribution < 1.29 is 5.11 Å². The van der Waals surface area contributed by atoms with E-state index >= 15 is 0 Å². The van der Waals surface area contributed by atoms with E-state index in [0.717, 1.165) is 11.1 Å². The van der Waals surface area contributed by atoms with Crippen LogP contribution in [0.4, 0.5) is 0 Å². The van der Waals surface area contributed by atoms with Crippen LogP contribution in [0.15, 0.2) is 18.2 Å². The molecule has 0 bridgehead atoms. The molecule has 0 heterocycles. The first-order chi connectivity index (χ1) is 6.32. The monoisotopic (exact) mass is 192 g/mol. The molecule has 1 rings (SSSR count). The SMILES string of the molecule is Cc1ccc(C(C)(C)C)cc1C(C)O. The normalized spacial score (nSPS) is 14.1. The van der Waals surface area contributed by atoms with Crippen molar-refractivity contribution in [3.8, 4) is 0 Å². The largest absolute Gasteiger partial charge is 0.389 e. The van der Waals surface area contributed by atoms with Crippen molar-refractivity contribution in [1.29, 1.82) is 0 Å². The van der Waals surface area contributed by atoms with Gasteiger partial charge in [0.05, 0.1) is 6.10 Å². The van der Waals surface area contributed by atoms with Gasteiger partial charge in [-0.1, -0.05) is 39.0 Å². The van der Waals surface area contributed by atoms with Crippen LogP contribution in [0.1, 0.15) is 50.5 Å². The third-order valence-electron chi connectivity index (χ3n) is 2.60. The fraction of sp³-hybridized carbons (Fsp3) is 0.538. The Balaban J connectivity index is 3.20. The number of aliphatic hydroxyl groups excluding tert-OH is 1. The molecule has 0 aliphatic carbocycles. The van der Waals surface area contributed by atoms with E-state index in [0.29, 0.717) is 0 Å². The summed E-state index contributed by atoms with van der Waals surface area (Å²) in [6.07, 6.45) is -0.378. The Morgan fingerprint density at radius 2 is 1.79 bits per heavy atom. The van der Waals surface area contributed by atoms with Crippen molar-refractivity contribution in [2.75, 3.05) is 0 Å². The van der Waals surface area contributed by atoms with Gasteiger partial charge in [0.2, 0.25) is 0 Å². The summed E-state index contributed by atoms with van der Waals surface area (Å²) in [6.45, 7) is 10.4. The Morgan fingerprint density at radius 3 is 2.21 bits per heavy atom. The minimum absolute atomic E-state index is 0.150. The fourth-order valence-corrected chi connectivity index (χ4v) is 1.56. The van der Waals surface area contributed by atoms with E-state index in [1.165, 1.54) is 5.56 Å². The van der Waals surface area contributed by atoms with Crippen LogP contribution in [0, 0.1) is 6.92 Å². The molecule has 0 fully saturated rings. The summed E-state index contributed by atoms with van der Waals surface area (Å²) >= 11 is 0. The molecule has 78 valence electrons. The van der Waals surface area contributed by atoms with Gasteiger partial charge in [-0.2, -0.15) is 0 Å². The fourth-order valence-electron chi connectivity index (χ4n) is 1.56. The third kappa shape index (κ3) is 2.36. The van der Waals surface area contributed by atoms with Crippen molar-refractivity contribution in [3.05, 3.63) is 34.9 Å². The molecular weight excluding hydrogens is 172 g/mol. The minimum atomic E-state index is -0.378. The molecule has 1 aromatic rings. The maximum Gasteiger partial charge on any atom is 0.0764 e. The van der Waals surface area contributed by atoms with Gasteiger partial charge in [-0.05, 0) is 36.0 Å². The molecule has 0 aromatic heterocycles. The van der Waals surface area contributed by atoms with Crippen molar-refractivity contribution in [2.24, 2.45) is 0 Å². The minimum Gasteiger partial charge on any atom is -0.389 e. The first-order valence-electron chi connectivity index (χ1n) is 5.11. The van der Waals surface area contributed by atoms with E-state index in [4.69, 9.17) is 0 Å². The summed E-state index contributed by atoms with van der Waals surface area (Å²) < 4.78 is 0. The number of benzene rings is 1. The van der Waals surface area contributed by atoms with Crippen LogP contribution >= 0.6 is 0 Å². The van der Waals surface area contributed by atoms with Crippen LogP contribution in [-0.2, 0) is 5.41 Å². The van der Waals surface area contributed by atoms with Gasteiger partial charge in [0.15, 0.2) is 0 Å². The highest BCUT2D eigenvalue weighted by Crippen LogP contribution is 2.26.